The summed E-state index contributed by atoms with van der Waals surface area (Å²) in [4.78, 5) is 0. The maximum atomic E-state index is 5.59. The third-order valence-electron chi connectivity index (χ3n) is 2.85. The lowest BCUT2D eigenvalue weighted by Gasteiger charge is -2.07. The minimum atomic E-state index is 0.868. The Morgan fingerprint density at radius 2 is 2.21 bits per heavy atom. The van der Waals surface area contributed by atoms with E-state index >= 15 is 0 Å². The largest absolute Gasteiger partial charge is 0.493 e. The van der Waals surface area contributed by atoms with Crippen molar-refractivity contribution >= 4 is 0 Å². The molecule has 1 aromatic carbocycles. The van der Waals surface area contributed by atoms with Crippen molar-refractivity contribution in [1.29, 1.82) is 0 Å². The summed E-state index contributed by atoms with van der Waals surface area (Å²) in [5.41, 5.74) is 4.20. The molecule has 0 bridgehead atoms. The molecule has 0 saturated carbocycles. The van der Waals surface area contributed by atoms with Crippen molar-refractivity contribution in [3.05, 3.63) is 28.8 Å². The molecule has 0 N–H and O–H groups in total. The summed E-state index contributed by atoms with van der Waals surface area (Å²) in [6.45, 7) is 5.26. The highest BCUT2D eigenvalue weighted by molar-refractivity contribution is 5.46. The van der Waals surface area contributed by atoms with E-state index in [1.165, 1.54) is 36.0 Å². The molecule has 76 valence electrons. The quantitative estimate of drug-likeness (QED) is 0.710. The molecule has 0 amide bonds. The van der Waals surface area contributed by atoms with Gasteiger partial charge in [-0.05, 0) is 36.5 Å². The number of hydrogen-bond donors (Lipinski definition) is 0. The van der Waals surface area contributed by atoms with Crippen LogP contribution < -0.4 is 4.74 Å². The molecule has 14 heavy (non-hydrogen) atoms. The third-order valence-corrected chi connectivity index (χ3v) is 2.85. The Balaban J connectivity index is 2.23. The average molecular weight is 190 g/mol. The van der Waals surface area contributed by atoms with Crippen LogP contribution in [-0.2, 0) is 12.8 Å². The fraction of sp³-hybridized carbons (Fsp3) is 0.538. The van der Waals surface area contributed by atoms with Gasteiger partial charge in [0.2, 0.25) is 0 Å². The van der Waals surface area contributed by atoms with E-state index in [1.54, 1.807) is 0 Å². The summed E-state index contributed by atoms with van der Waals surface area (Å²) in [5.74, 6) is 1.14. The van der Waals surface area contributed by atoms with E-state index in [2.05, 4.69) is 26.0 Å². The molecular formula is C13H18O. The van der Waals surface area contributed by atoms with Crippen LogP contribution in [0.15, 0.2) is 12.1 Å². The Kier molecular flexibility index (Phi) is 2.76. The van der Waals surface area contributed by atoms with Crippen molar-refractivity contribution in [3.63, 3.8) is 0 Å². The number of aryl methyl sites for hydroxylation is 2. The first-order valence-electron chi connectivity index (χ1n) is 5.56. The molecule has 0 aromatic heterocycles. The maximum absolute atomic E-state index is 5.59. The van der Waals surface area contributed by atoms with Gasteiger partial charge in [0.15, 0.2) is 0 Å². The number of benzene rings is 1. The van der Waals surface area contributed by atoms with Crippen molar-refractivity contribution in [3.8, 4) is 5.75 Å². The summed E-state index contributed by atoms with van der Waals surface area (Å²) in [6, 6.07) is 4.60. The van der Waals surface area contributed by atoms with Gasteiger partial charge < -0.3 is 4.74 Å². The lowest BCUT2D eigenvalue weighted by Crippen LogP contribution is -1.90. The Hall–Kier alpha value is -0.980. The van der Waals surface area contributed by atoms with Crippen molar-refractivity contribution in [2.75, 3.05) is 6.61 Å². The molecule has 1 heterocycles. The molecule has 1 aromatic rings. The molecular weight excluding hydrogens is 172 g/mol. The lowest BCUT2D eigenvalue weighted by molar-refractivity contribution is 0.354. The first kappa shape index (κ1) is 9.57. The van der Waals surface area contributed by atoms with Crippen LogP contribution in [0.4, 0.5) is 0 Å². The molecule has 0 aliphatic carbocycles. The van der Waals surface area contributed by atoms with Gasteiger partial charge in [-0.3, -0.25) is 0 Å². The molecule has 2 rings (SSSR count). The smallest absolute Gasteiger partial charge is 0.125 e. The zero-order chi connectivity index (χ0) is 9.97. The molecule has 0 saturated heterocycles. The van der Waals surface area contributed by atoms with Gasteiger partial charge in [-0.15, -0.1) is 0 Å². The summed E-state index contributed by atoms with van der Waals surface area (Å²) in [6.07, 6.45) is 4.87. The van der Waals surface area contributed by atoms with Crippen LogP contribution in [0.2, 0.25) is 0 Å². The number of ether oxygens (including phenoxy) is 1. The van der Waals surface area contributed by atoms with Crippen molar-refractivity contribution in [2.24, 2.45) is 0 Å². The second-order valence-corrected chi connectivity index (χ2v) is 4.10. The minimum absolute atomic E-state index is 0.868. The molecule has 1 aliphatic heterocycles. The third kappa shape index (κ3) is 1.77. The van der Waals surface area contributed by atoms with Gasteiger partial charge >= 0.3 is 0 Å². The van der Waals surface area contributed by atoms with Crippen LogP contribution in [0, 0.1) is 6.92 Å². The lowest BCUT2D eigenvalue weighted by atomic mass is 10.0. The van der Waals surface area contributed by atoms with Crippen LogP contribution >= 0.6 is 0 Å². The topological polar surface area (TPSA) is 9.23 Å². The second-order valence-electron chi connectivity index (χ2n) is 4.10. The van der Waals surface area contributed by atoms with E-state index < -0.39 is 0 Å². The normalized spacial score (nSPS) is 13.9. The van der Waals surface area contributed by atoms with Crippen LogP contribution in [0.5, 0.6) is 5.75 Å². The van der Waals surface area contributed by atoms with Crippen LogP contribution in [0.3, 0.4) is 0 Å². The number of rotatable bonds is 3. The molecule has 0 radical (unpaired) electrons. The van der Waals surface area contributed by atoms with Gasteiger partial charge in [0.25, 0.3) is 0 Å². The molecule has 1 aliphatic rings. The summed E-state index contributed by atoms with van der Waals surface area (Å²) in [7, 11) is 0. The van der Waals surface area contributed by atoms with Crippen LogP contribution in [0.1, 0.15) is 36.5 Å². The predicted octanol–water partition coefficient (Wildman–Crippen LogP) is 3.27. The Morgan fingerprint density at radius 3 is 3.00 bits per heavy atom. The Labute approximate surface area is 86.1 Å². The average Bonchev–Trinajstić information content (AvgIpc) is 2.63. The minimum Gasteiger partial charge on any atom is -0.493 e. The molecule has 0 unspecified atom stereocenters. The van der Waals surface area contributed by atoms with Crippen molar-refractivity contribution < 1.29 is 4.74 Å². The van der Waals surface area contributed by atoms with E-state index in [1.807, 2.05) is 0 Å². The van der Waals surface area contributed by atoms with Gasteiger partial charge in [0.1, 0.15) is 5.75 Å². The SMILES string of the molecule is CCCCc1cc(C)c2c(c1)CCO2. The van der Waals surface area contributed by atoms with Gasteiger partial charge in [0.05, 0.1) is 6.61 Å². The molecule has 0 spiro atoms. The van der Waals surface area contributed by atoms with Gasteiger partial charge in [-0.2, -0.15) is 0 Å². The fourth-order valence-corrected chi connectivity index (χ4v) is 2.11. The zero-order valence-electron chi connectivity index (χ0n) is 9.10. The molecule has 0 fully saturated rings. The van der Waals surface area contributed by atoms with Gasteiger partial charge in [0, 0.05) is 6.42 Å². The van der Waals surface area contributed by atoms with E-state index in [4.69, 9.17) is 4.74 Å². The fourth-order valence-electron chi connectivity index (χ4n) is 2.11. The number of unbranched alkanes of at least 4 members (excludes halogenated alkanes) is 1. The standard InChI is InChI=1S/C13H18O/c1-3-4-5-11-8-10(2)13-12(9-11)6-7-14-13/h8-9H,3-7H2,1-2H3. The molecule has 0 atom stereocenters. The van der Waals surface area contributed by atoms with E-state index in [9.17, 15) is 0 Å². The van der Waals surface area contributed by atoms with Crippen LogP contribution in [0.25, 0.3) is 0 Å². The summed E-state index contributed by atoms with van der Waals surface area (Å²) in [5, 5.41) is 0. The monoisotopic (exact) mass is 190 g/mol. The van der Waals surface area contributed by atoms with E-state index in [0.717, 1.165) is 18.8 Å². The van der Waals surface area contributed by atoms with Gasteiger partial charge in [-0.1, -0.05) is 25.5 Å². The highest BCUT2D eigenvalue weighted by Gasteiger charge is 2.14. The first-order valence-corrected chi connectivity index (χ1v) is 5.56. The van der Waals surface area contributed by atoms with E-state index in [0.29, 0.717) is 0 Å². The summed E-state index contributed by atoms with van der Waals surface area (Å²) >= 11 is 0. The van der Waals surface area contributed by atoms with E-state index in [-0.39, 0.29) is 0 Å². The molecule has 1 heteroatoms. The number of fused-ring (bicyclic) bond motifs is 1. The highest BCUT2D eigenvalue weighted by Crippen LogP contribution is 2.30. The highest BCUT2D eigenvalue weighted by atomic mass is 16.5. The Bertz CT molecular complexity index is 328. The van der Waals surface area contributed by atoms with Crippen LogP contribution in [-0.4, -0.2) is 6.61 Å². The zero-order valence-corrected chi connectivity index (χ0v) is 9.10. The predicted molar refractivity (Wildman–Crippen MR) is 59.0 cm³/mol. The number of hydrogen-bond acceptors (Lipinski definition) is 1. The Morgan fingerprint density at radius 1 is 1.36 bits per heavy atom. The van der Waals surface area contributed by atoms with Gasteiger partial charge in [-0.25, -0.2) is 0 Å². The first-order chi connectivity index (χ1) is 6.81. The summed E-state index contributed by atoms with van der Waals surface area (Å²) < 4.78 is 5.59. The van der Waals surface area contributed by atoms with Crippen molar-refractivity contribution in [1.82, 2.24) is 0 Å². The van der Waals surface area contributed by atoms with Crippen molar-refractivity contribution in [2.45, 2.75) is 39.5 Å². The molecule has 1 nitrogen and oxygen atoms in total. The second kappa shape index (κ2) is 4.04. The maximum Gasteiger partial charge on any atom is 0.125 e.